The number of nitrogens with zero attached hydrogens (tertiary/aromatic N) is 3. The van der Waals surface area contributed by atoms with Gasteiger partial charge in [0.05, 0.1) is 17.3 Å². The zero-order valence-electron chi connectivity index (χ0n) is 9.69. The highest BCUT2D eigenvalue weighted by atomic mass is 16.8. The van der Waals surface area contributed by atoms with E-state index in [-0.39, 0.29) is 12.2 Å². The van der Waals surface area contributed by atoms with Crippen LogP contribution in [0.2, 0.25) is 0 Å². The zero-order chi connectivity index (χ0) is 12.8. The summed E-state index contributed by atoms with van der Waals surface area (Å²) in [6, 6.07) is 10.5. The molecule has 1 heterocycles. The van der Waals surface area contributed by atoms with Crippen LogP contribution in [0.3, 0.4) is 0 Å². The molecule has 1 N–H and O–H groups in total. The molecule has 0 saturated heterocycles. The number of pyridine rings is 1. The number of rotatable bonds is 5. The van der Waals surface area contributed by atoms with Crippen LogP contribution >= 0.6 is 0 Å². The molecule has 6 nitrogen and oxygen atoms in total. The van der Waals surface area contributed by atoms with Gasteiger partial charge in [-0.3, -0.25) is 4.79 Å². The lowest BCUT2D eigenvalue weighted by Gasteiger charge is -2.04. The molecular weight excluding hydrogens is 234 g/mol. The van der Waals surface area contributed by atoms with Gasteiger partial charge in [0.1, 0.15) is 0 Å². The monoisotopic (exact) mass is 247 g/mol. The van der Waals surface area contributed by atoms with Crippen LogP contribution in [0.1, 0.15) is 6.42 Å². The number of aliphatic hydroxyl groups is 1. The molecule has 1 aromatic heterocycles. The van der Waals surface area contributed by atoms with E-state index >= 15 is 0 Å². The van der Waals surface area contributed by atoms with Gasteiger partial charge >= 0.3 is 0 Å². The van der Waals surface area contributed by atoms with E-state index in [0.29, 0.717) is 18.5 Å². The lowest BCUT2D eigenvalue weighted by atomic mass is 10.2. The second kappa shape index (κ2) is 5.92. The van der Waals surface area contributed by atoms with Crippen LogP contribution in [-0.2, 0) is 0 Å². The molecule has 0 fully saturated rings. The summed E-state index contributed by atoms with van der Waals surface area (Å²) in [5, 5.41) is 16.6. The maximum atomic E-state index is 11.6. The van der Waals surface area contributed by atoms with Crippen LogP contribution in [0.25, 0.3) is 10.9 Å². The summed E-state index contributed by atoms with van der Waals surface area (Å²) in [5.41, 5.74) is 0.320. The van der Waals surface area contributed by atoms with E-state index < -0.39 is 0 Å². The highest BCUT2D eigenvalue weighted by molar-refractivity contribution is 5.78. The standard InChI is InChI=1S/C12H13N3O3/c16-9-3-8-13-14-18-15-11-5-2-1-4-10(11)6-7-12(15)17/h1-2,4-7,16H,3,8-9H2. The Morgan fingerprint density at radius 3 is 2.89 bits per heavy atom. The topological polar surface area (TPSA) is 76.2 Å². The number of hydrogen-bond donors (Lipinski definition) is 1. The van der Waals surface area contributed by atoms with Crippen molar-refractivity contribution in [3.63, 3.8) is 0 Å². The Balaban J connectivity index is 2.24. The first-order valence-electron chi connectivity index (χ1n) is 5.59. The maximum Gasteiger partial charge on any atom is 0.286 e. The maximum absolute atomic E-state index is 11.6. The lowest BCUT2D eigenvalue weighted by Crippen LogP contribution is -2.23. The number of aliphatic hydroxyl groups excluding tert-OH is 1. The molecular formula is C12H13N3O3. The molecule has 0 aliphatic rings. The van der Waals surface area contributed by atoms with Crippen molar-refractivity contribution in [2.24, 2.45) is 10.4 Å². The Hall–Kier alpha value is -2.21. The molecule has 6 heteroatoms. The predicted octanol–water partition coefficient (Wildman–Crippen LogP) is 1.18. The molecule has 2 rings (SSSR count). The van der Waals surface area contributed by atoms with Crippen LogP contribution in [0.15, 0.2) is 51.6 Å². The minimum Gasteiger partial charge on any atom is -0.396 e. The molecule has 0 spiro atoms. The number of aromatic nitrogens is 1. The largest absolute Gasteiger partial charge is 0.396 e. The van der Waals surface area contributed by atoms with E-state index in [2.05, 4.69) is 10.4 Å². The summed E-state index contributed by atoms with van der Waals surface area (Å²) >= 11 is 0. The Kier molecular flexibility index (Phi) is 4.03. The summed E-state index contributed by atoms with van der Waals surface area (Å²) in [5.74, 6) is 0. The molecule has 1 aromatic carbocycles. The number of para-hydroxylation sites is 1. The van der Waals surface area contributed by atoms with Crippen molar-refractivity contribution in [2.45, 2.75) is 6.42 Å². The average Bonchev–Trinajstić information content (AvgIpc) is 2.41. The van der Waals surface area contributed by atoms with Crippen LogP contribution < -0.4 is 10.5 Å². The third kappa shape index (κ3) is 2.72. The van der Waals surface area contributed by atoms with Crippen molar-refractivity contribution < 1.29 is 10.0 Å². The Bertz CT molecular complexity index is 607. The van der Waals surface area contributed by atoms with E-state index in [1.807, 2.05) is 18.2 Å². The molecule has 0 atom stereocenters. The Morgan fingerprint density at radius 1 is 1.22 bits per heavy atom. The molecule has 0 unspecified atom stereocenters. The first-order valence-corrected chi connectivity index (χ1v) is 5.59. The smallest absolute Gasteiger partial charge is 0.286 e. The van der Waals surface area contributed by atoms with E-state index in [1.54, 1.807) is 12.1 Å². The van der Waals surface area contributed by atoms with Crippen molar-refractivity contribution in [3.8, 4) is 0 Å². The summed E-state index contributed by atoms with van der Waals surface area (Å²) in [6.07, 6.45) is 0.511. The summed E-state index contributed by atoms with van der Waals surface area (Å²) < 4.78 is 1.08. The molecule has 94 valence electrons. The number of benzene rings is 1. The summed E-state index contributed by atoms with van der Waals surface area (Å²) in [7, 11) is 0. The van der Waals surface area contributed by atoms with Gasteiger partial charge in [-0.1, -0.05) is 18.2 Å². The van der Waals surface area contributed by atoms with Gasteiger partial charge in [0, 0.05) is 18.1 Å². The van der Waals surface area contributed by atoms with Gasteiger partial charge in [-0.2, -0.15) is 5.11 Å². The molecule has 0 saturated carbocycles. The van der Waals surface area contributed by atoms with E-state index in [4.69, 9.17) is 10.0 Å². The van der Waals surface area contributed by atoms with Crippen LogP contribution in [0.4, 0.5) is 0 Å². The molecule has 18 heavy (non-hydrogen) atoms. The summed E-state index contributed by atoms with van der Waals surface area (Å²) in [6.45, 7) is 0.406. The predicted molar refractivity (Wildman–Crippen MR) is 66.2 cm³/mol. The fourth-order valence-electron chi connectivity index (χ4n) is 1.49. The molecule has 0 amide bonds. The second-order valence-electron chi connectivity index (χ2n) is 3.63. The van der Waals surface area contributed by atoms with E-state index in [9.17, 15) is 4.79 Å². The molecule has 2 aromatic rings. The van der Waals surface area contributed by atoms with Crippen LogP contribution in [-0.4, -0.2) is 23.0 Å². The van der Waals surface area contributed by atoms with Gasteiger partial charge in [-0.05, 0) is 18.6 Å². The quantitative estimate of drug-likeness (QED) is 0.489. The van der Waals surface area contributed by atoms with Gasteiger partial charge in [-0.15, -0.1) is 4.73 Å². The summed E-state index contributed by atoms with van der Waals surface area (Å²) in [4.78, 5) is 16.6. The fourth-order valence-corrected chi connectivity index (χ4v) is 1.49. The molecule has 0 aliphatic heterocycles. The van der Waals surface area contributed by atoms with E-state index in [1.165, 1.54) is 6.07 Å². The van der Waals surface area contributed by atoms with Crippen molar-refractivity contribution in [3.05, 3.63) is 46.8 Å². The first-order chi connectivity index (χ1) is 8.83. The zero-order valence-corrected chi connectivity index (χ0v) is 9.69. The molecule has 0 aliphatic carbocycles. The Morgan fingerprint density at radius 2 is 2.06 bits per heavy atom. The van der Waals surface area contributed by atoms with Crippen LogP contribution in [0, 0.1) is 0 Å². The van der Waals surface area contributed by atoms with Gasteiger partial charge in [0.25, 0.3) is 5.56 Å². The minimum atomic E-state index is -0.310. The Labute approximate surface area is 103 Å². The molecule has 0 bridgehead atoms. The third-order valence-corrected chi connectivity index (χ3v) is 2.35. The highest BCUT2D eigenvalue weighted by Gasteiger charge is 2.02. The normalized spacial score (nSPS) is 11.2. The minimum absolute atomic E-state index is 0.0488. The van der Waals surface area contributed by atoms with Crippen molar-refractivity contribution in [1.82, 2.24) is 4.73 Å². The van der Waals surface area contributed by atoms with Gasteiger partial charge in [0.2, 0.25) is 0 Å². The lowest BCUT2D eigenvalue weighted by molar-refractivity contribution is 0.100. The van der Waals surface area contributed by atoms with Crippen LogP contribution in [0.5, 0.6) is 0 Å². The number of hydrogen-bond acceptors (Lipinski definition) is 5. The van der Waals surface area contributed by atoms with E-state index in [0.717, 1.165) is 10.1 Å². The van der Waals surface area contributed by atoms with Gasteiger partial charge in [0.15, 0.2) is 0 Å². The average molecular weight is 247 g/mol. The van der Waals surface area contributed by atoms with Gasteiger partial charge in [-0.25, -0.2) is 4.94 Å². The van der Waals surface area contributed by atoms with Crippen molar-refractivity contribution >= 4 is 10.9 Å². The fraction of sp³-hybridized carbons (Fsp3) is 0.250. The second-order valence-corrected chi connectivity index (χ2v) is 3.63. The van der Waals surface area contributed by atoms with Crippen molar-refractivity contribution in [2.75, 3.05) is 13.2 Å². The number of fused-ring (bicyclic) bond motifs is 1. The SMILES string of the molecule is O=c1ccc2ccccc2n1ON=NCCCO. The van der Waals surface area contributed by atoms with Crippen molar-refractivity contribution in [1.29, 1.82) is 0 Å². The van der Waals surface area contributed by atoms with Gasteiger partial charge < -0.3 is 5.11 Å². The first kappa shape index (κ1) is 12.3. The third-order valence-electron chi connectivity index (χ3n) is 2.35. The molecule has 0 radical (unpaired) electrons. The highest BCUT2D eigenvalue weighted by Crippen LogP contribution is 2.09.